The Balaban J connectivity index is 1.40. The van der Waals surface area contributed by atoms with E-state index in [1.807, 2.05) is 30.3 Å². The van der Waals surface area contributed by atoms with Crippen molar-refractivity contribution in [3.05, 3.63) is 143 Å². The molecule has 8 rings (SSSR count). The summed E-state index contributed by atoms with van der Waals surface area (Å²) in [6.07, 6.45) is 0. The van der Waals surface area contributed by atoms with Crippen LogP contribution in [0.4, 0.5) is 0 Å². The first-order chi connectivity index (χ1) is 25.8. The first-order valence-electron chi connectivity index (χ1n) is 17.1. The zero-order chi connectivity index (χ0) is 36.6. The lowest BCUT2D eigenvalue weighted by atomic mass is 10.0. The van der Waals surface area contributed by atoms with Crippen molar-refractivity contribution in [2.24, 2.45) is 0 Å². The minimum Gasteiger partial charge on any atom is -0.465 e. The van der Waals surface area contributed by atoms with E-state index in [0.717, 1.165) is 41.7 Å². The number of nitrogens with zero attached hydrogens (tertiary/aromatic N) is 2. The third-order valence-corrected chi connectivity index (χ3v) is 12.0. The molecule has 0 spiro atoms. The van der Waals surface area contributed by atoms with Gasteiger partial charge in [-0.15, -0.1) is 22.7 Å². The van der Waals surface area contributed by atoms with E-state index in [1.54, 1.807) is 46.9 Å². The number of hydrogen-bond acceptors (Lipinski definition) is 9. The van der Waals surface area contributed by atoms with Gasteiger partial charge in [-0.3, -0.25) is 0 Å². The Labute approximate surface area is 320 Å². The Morgan fingerprint density at radius 1 is 0.491 bits per heavy atom. The molecule has 0 aliphatic heterocycles. The van der Waals surface area contributed by atoms with Crippen LogP contribution >= 0.6 is 34.4 Å². The molecule has 0 N–H and O–H groups in total. The number of para-hydroxylation sites is 1. The summed E-state index contributed by atoms with van der Waals surface area (Å²) < 4.78 is 28.7. The molecule has 0 saturated carbocycles. The number of benzene rings is 5. The molecule has 8 aromatic rings. The van der Waals surface area contributed by atoms with Crippen LogP contribution < -0.4 is 9.47 Å². The van der Waals surface area contributed by atoms with Gasteiger partial charge in [-0.25, -0.2) is 4.79 Å². The van der Waals surface area contributed by atoms with Gasteiger partial charge in [0.25, 0.3) is 0 Å². The van der Waals surface area contributed by atoms with Crippen molar-refractivity contribution < 1.29 is 19.0 Å². The first kappa shape index (κ1) is 34.5. The summed E-state index contributed by atoms with van der Waals surface area (Å²) in [4.78, 5) is 16.6. The number of thiophene rings is 2. The third kappa shape index (κ3) is 6.52. The van der Waals surface area contributed by atoms with Crippen LogP contribution in [-0.2, 0) is 4.74 Å². The van der Waals surface area contributed by atoms with E-state index >= 15 is 0 Å². The number of carbonyl (C=O) groups excluding carboxylic acids is 1. The number of methoxy groups -OCH3 is 1. The molecule has 9 heteroatoms. The molecule has 0 aliphatic carbocycles. The van der Waals surface area contributed by atoms with Gasteiger partial charge in [0.1, 0.15) is 22.5 Å². The fraction of sp³-hybridized carbons (Fsp3) is 0.114. The van der Waals surface area contributed by atoms with Gasteiger partial charge >= 0.3 is 5.97 Å². The Morgan fingerprint density at radius 3 is 1.34 bits per heavy atom. The second-order valence-corrected chi connectivity index (χ2v) is 15.5. The molecule has 0 unspecified atom stereocenters. The Morgan fingerprint density at radius 2 is 0.906 bits per heavy atom. The maximum atomic E-state index is 12.3. The molecule has 0 radical (unpaired) electrons. The standard InChI is InChI=1S/C44H34N2O4S3/c1-25-11-9-12-26(2)36(25)32-21-23-34(51-32)38-40-41(46-53-45-40)39(35-24-22-33(52-35)37-27(3)13-10-14-28(37)4)43(42(38)49-30-15-7-6-8-16-30)50-31-19-17-29(18-20-31)44(47)48-5/h6-24H,1-5H3. The highest BCUT2D eigenvalue weighted by molar-refractivity contribution is 7.19. The zero-order valence-corrected chi connectivity index (χ0v) is 32.2. The molecule has 5 aromatic carbocycles. The highest BCUT2D eigenvalue weighted by Crippen LogP contribution is 2.56. The van der Waals surface area contributed by atoms with Crippen molar-refractivity contribution in [2.75, 3.05) is 7.11 Å². The smallest absolute Gasteiger partial charge is 0.337 e. The van der Waals surface area contributed by atoms with E-state index in [0.29, 0.717) is 28.6 Å². The number of ether oxygens (including phenoxy) is 3. The highest BCUT2D eigenvalue weighted by Gasteiger charge is 2.30. The van der Waals surface area contributed by atoms with Crippen molar-refractivity contribution in [3.8, 4) is 64.8 Å². The summed E-state index contributed by atoms with van der Waals surface area (Å²) in [6, 6.07) is 38.0. The normalized spacial score (nSPS) is 11.2. The lowest BCUT2D eigenvalue weighted by molar-refractivity contribution is 0.0600. The third-order valence-electron chi connectivity index (χ3n) is 9.24. The van der Waals surface area contributed by atoms with Crippen LogP contribution in [0.3, 0.4) is 0 Å². The van der Waals surface area contributed by atoms with Gasteiger partial charge in [0.2, 0.25) is 0 Å². The Hall–Kier alpha value is -5.61. The minimum absolute atomic E-state index is 0.419. The largest absolute Gasteiger partial charge is 0.465 e. The number of rotatable bonds is 9. The van der Waals surface area contributed by atoms with E-state index in [-0.39, 0.29) is 0 Å². The maximum absolute atomic E-state index is 12.3. The van der Waals surface area contributed by atoms with Gasteiger partial charge in [0.05, 0.1) is 35.5 Å². The summed E-state index contributed by atoms with van der Waals surface area (Å²) >= 11 is 4.55. The topological polar surface area (TPSA) is 70.5 Å². The van der Waals surface area contributed by atoms with Crippen molar-refractivity contribution >= 4 is 51.4 Å². The van der Waals surface area contributed by atoms with Crippen LogP contribution in [0.5, 0.6) is 23.0 Å². The number of hydrogen-bond donors (Lipinski definition) is 0. The van der Waals surface area contributed by atoms with Crippen molar-refractivity contribution in [1.82, 2.24) is 8.75 Å². The van der Waals surface area contributed by atoms with Crippen molar-refractivity contribution in [1.29, 1.82) is 0 Å². The van der Waals surface area contributed by atoms with Crippen molar-refractivity contribution in [3.63, 3.8) is 0 Å². The molecule has 0 bridgehead atoms. The summed E-state index contributed by atoms with van der Waals surface area (Å²) in [7, 11) is 1.37. The van der Waals surface area contributed by atoms with Gasteiger partial charge in [0.15, 0.2) is 11.5 Å². The Kier molecular flexibility index (Phi) is 9.38. The minimum atomic E-state index is -0.419. The van der Waals surface area contributed by atoms with Gasteiger partial charge in [0, 0.05) is 19.5 Å². The van der Waals surface area contributed by atoms with E-state index in [4.69, 9.17) is 23.0 Å². The van der Waals surface area contributed by atoms with Gasteiger partial charge in [-0.05, 0) is 122 Å². The fourth-order valence-corrected chi connectivity index (χ4v) is 9.74. The van der Waals surface area contributed by atoms with E-state index < -0.39 is 5.97 Å². The molecule has 53 heavy (non-hydrogen) atoms. The summed E-state index contributed by atoms with van der Waals surface area (Å²) in [5, 5.41) is 0. The number of esters is 1. The molecule has 0 fully saturated rings. The molecular formula is C44H34N2O4S3. The molecule has 0 atom stereocenters. The number of aromatic nitrogens is 2. The van der Waals surface area contributed by atoms with Gasteiger partial charge < -0.3 is 14.2 Å². The summed E-state index contributed by atoms with van der Waals surface area (Å²) in [6.45, 7) is 8.58. The van der Waals surface area contributed by atoms with Gasteiger partial charge in [-0.2, -0.15) is 8.75 Å². The van der Waals surface area contributed by atoms with Crippen LogP contribution in [-0.4, -0.2) is 21.8 Å². The lowest BCUT2D eigenvalue weighted by Crippen LogP contribution is -2.01. The van der Waals surface area contributed by atoms with E-state index in [9.17, 15) is 4.79 Å². The van der Waals surface area contributed by atoms with Crippen LogP contribution in [0.25, 0.3) is 52.8 Å². The van der Waals surface area contributed by atoms with Crippen LogP contribution in [0.15, 0.2) is 115 Å². The number of aryl methyl sites for hydroxylation is 4. The summed E-state index contributed by atoms with van der Waals surface area (Å²) in [5.41, 5.74) is 10.8. The zero-order valence-electron chi connectivity index (χ0n) is 29.7. The van der Waals surface area contributed by atoms with Crippen LogP contribution in [0, 0.1) is 27.7 Å². The van der Waals surface area contributed by atoms with Crippen molar-refractivity contribution in [2.45, 2.75) is 27.7 Å². The predicted molar refractivity (Wildman–Crippen MR) is 218 cm³/mol. The predicted octanol–water partition coefficient (Wildman–Crippen LogP) is 13.1. The fourth-order valence-electron chi connectivity index (χ4n) is 6.73. The maximum Gasteiger partial charge on any atom is 0.337 e. The summed E-state index contributed by atoms with van der Waals surface area (Å²) in [5.74, 6) is 1.80. The molecule has 3 aromatic heterocycles. The quantitative estimate of drug-likeness (QED) is 0.137. The monoisotopic (exact) mass is 750 g/mol. The van der Waals surface area contributed by atoms with E-state index in [2.05, 4.69) is 88.4 Å². The molecule has 6 nitrogen and oxygen atoms in total. The SMILES string of the molecule is COC(=O)c1ccc(Oc2c(Oc3ccccc3)c(-c3ccc(-c4c(C)cccc4C)s3)c3nsnc3c2-c2ccc(-c3c(C)cccc3C)s2)cc1. The molecular weight excluding hydrogens is 717 g/mol. The average Bonchev–Trinajstić information content (AvgIpc) is 3.95. The second kappa shape index (κ2) is 14.4. The van der Waals surface area contributed by atoms with E-state index in [1.165, 1.54) is 52.2 Å². The van der Waals surface area contributed by atoms with Crippen LogP contribution in [0.1, 0.15) is 32.6 Å². The lowest BCUT2D eigenvalue weighted by Gasteiger charge is -2.20. The molecule has 0 saturated heterocycles. The highest BCUT2D eigenvalue weighted by atomic mass is 32.1. The van der Waals surface area contributed by atoms with Crippen LogP contribution in [0.2, 0.25) is 0 Å². The number of fused-ring (bicyclic) bond motifs is 1. The molecule has 3 heterocycles. The first-order valence-corrected chi connectivity index (χ1v) is 19.4. The number of carbonyl (C=O) groups is 1. The second-order valence-electron chi connectivity index (χ2n) is 12.8. The Bertz CT molecular complexity index is 2580. The van der Waals surface area contributed by atoms with Gasteiger partial charge in [-0.1, -0.05) is 54.6 Å². The average molecular weight is 751 g/mol. The molecule has 0 aliphatic rings. The molecule has 0 amide bonds. The molecule has 262 valence electrons.